The van der Waals surface area contributed by atoms with Gasteiger partial charge in [-0.2, -0.15) is 4.98 Å². The van der Waals surface area contributed by atoms with Gasteiger partial charge < -0.3 is 9.26 Å². The number of hydrogen-bond donors (Lipinski definition) is 0. The number of rotatable bonds is 5. The minimum Gasteiger partial charge on any atom is -0.489 e. The Morgan fingerprint density at radius 1 is 0.929 bits per heavy atom. The summed E-state index contributed by atoms with van der Waals surface area (Å²) in [6.07, 6.45) is 0. The van der Waals surface area contributed by atoms with E-state index in [4.69, 9.17) is 9.26 Å². The Balaban J connectivity index is 1.46. The van der Waals surface area contributed by atoms with Crippen LogP contribution in [0.15, 0.2) is 71.3 Å². The molecule has 0 saturated heterocycles. The quantitative estimate of drug-likeness (QED) is 0.456. The van der Waals surface area contributed by atoms with Crippen LogP contribution in [0, 0.1) is 18.6 Å². The first-order valence-electron chi connectivity index (χ1n) is 8.67. The van der Waals surface area contributed by atoms with Crippen LogP contribution in [0.3, 0.4) is 0 Å². The molecule has 4 rings (SSSR count). The van der Waals surface area contributed by atoms with Gasteiger partial charge in [-0.25, -0.2) is 8.78 Å². The van der Waals surface area contributed by atoms with Gasteiger partial charge in [0, 0.05) is 11.1 Å². The first-order chi connectivity index (χ1) is 13.6. The van der Waals surface area contributed by atoms with Gasteiger partial charge in [-0.1, -0.05) is 29.4 Å². The van der Waals surface area contributed by atoms with E-state index in [9.17, 15) is 8.78 Å². The highest BCUT2D eigenvalue weighted by Crippen LogP contribution is 2.26. The molecule has 4 aromatic rings. The number of halogens is 2. The standard InChI is InChI=1S/C22H16F2N2O2/c1-14-4-2-3-5-18(14)22-25-21(26-28-22)16-7-9-17(10-8-16)27-13-15-6-11-19(23)20(24)12-15/h2-12H,13H2,1H3. The summed E-state index contributed by atoms with van der Waals surface area (Å²) in [5, 5.41) is 4.04. The second-order valence-electron chi connectivity index (χ2n) is 6.30. The van der Waals surface area contributed by atoms with Crippen LogP contribution >= 0.6 is 0 Å². The van der Waals surface area contributed by atoms with Gasteiger partial charge in [0.05, 0.1) is 0 Å². The van der Waals surface area contributed by atoms with Crippen molar-refractivity contribution < 1.29 is 18.0 Å². The Labute approximate surface area is 160 Å². The molecule has 28 heavy (non-hydrogen) atoms. The number of hydrogen-bond acceptors (Lipinski definition) is 4. The molecule has 0 aliphatic carbocycles. The van der Waals surface area contributed by atoms with Crippen LogP contribution in [0.1, 0.15) is 11.1 Å². The molecule has 0 amide bonds. The average Bonchev–Trinajstić information content (AvgIpc) is 3.19. The molecule has 0 unspecified atom stereocenters. The van der Waals surface area contributed by atoms with Crippen molar-refractivity contribution in [3.8, 4) is 28.6 Å². The zero-order chi connectivity index (χ0) is 19.5. The lowest BCUT2D eigenvalue weighted by atomic mass is 10.1. The lowest BCUT2D eigenvalue weighted by Crippen LogP contribution is -1.97. The van der Waals surface area contributed by atoms with E-state index >= 15 is 0 Å². The summed E-state index contributed by atoms with van der Waals surface area (Å²) in [4.78, 5) is 4.46. The molecule has 4 nitrogen and oxygen atoms in total. The van der Waals surface area contributed by atoms with E-state index in [1.54, 1.807) is 12.1 Å². The lowest BCUT2D eigenvalue weighted by Gasteiger charge is -2.07. The van der Waals surface area contributed by atoms with Gasteiger partial charge in [-0.3, -0.25) is 0 Å². The molecule has 0 aliphatic rings. The van der Waals surface area contributed by atoms with Gasteiger partial charge in [0.15, 0.2) is 11.6 Å². The van der Waals surface area contributed by atoms with Crippen LogP contribution in [-0.2, 0) is 6.61 Å². The normalized spacial score (nSPS) is 10.8. The SMILES string of the molecule is Cc1ccccc1-c1nc(-c2ccc(OCc3ccc(F)c(F)c3)cc2)no1. The van der Waals surface area contributed by atoms with Gasteiger partial charge in [0.25, 0.3) is 5.89 Å². The Bertz CT molecular complexity index is 1110. The molecule has 140 valence electrons. The van der Waals surface area contributed by atoms with E-state index < -0.39 is 11.6 Å². The molecule has 0 fully saturated rings. The van der Waals surface area contributed by atoms with Gasteiger partial charge in [-0.15, -0.1) is 0 Å². The molecule has 0 N–H and O–H groups in total. The maximum atomic E-state index is 13.2. The first-order valence-corrected chi connectivity index (χ1v) is 8.67. The van der Waals surface area contributed by atoms with Crippen LogP contribution in [-0.4, -0.2) is 10.1 Å². The van der Waals surface area contributed by atoms with Gasteiger partial charge in [0.1, 0.15) is 12.4 Å². The second-order valence-corrected chi connectivity index (χ2v) is 6.30. The number of aryl methyl sites for hydroxylation is 1. The van der Waals surface area contributed by atoms with E-state index in [1.807, 2.05) is 43.3 Å². The third-order valence-corrected chi connectivity index (χ3v) is 4.30. The molecular formula is C22H16F2N2O2. The smallest absolute Gasteiger partial charge is 0.258 e. The van der Waals surface area contributed by atoms with Gasteiger partial charge in [-0.05, 0) is 60.5 Å². The molecule has 3 aromatic carbocycles. The molecule has 0 radical (unpaired) electrons. The summed E-state index contributed by atoms with van der Waals surface area (Å²) in [5.74, 6) is -0.232. The zero-order valence-electron chi connectivity index (χ0n) is 15.0. The number of benzene rings is 3. The molecular weight excluding hydrogens is 362 g/mol. The van der Waals surface area contributed by atoms with Gasteiger partial charge in [0.2, 0.25) is 5.82 Å². The average molecular weight is 378 g/mol. The van der Waals surface area contributed by atoms with Crippen molar-refractivity contribution in [2.75, 3.05) is 0 Å². The summed E-state index contributed by atoms with van der Waals surface area (Å²) >= 11 is 0. The molecule has 1 aromatic heterocycles. The van der Waals surface area contributed by atoms with Crippen molar-refractivity contribution in [2.24, 2.45) is 0 Å². The summed E-state index contributed by atoms with van der Waals surface area (Å²) in [7, 11) is 0. The first kappa shape index (κ1) is 17.9. The fraction of sp³-hybridized carbons (Fsp3) is 0.0909. The van der Waals surface area contributed by atoms with Gasteiger partial charge >= 0.3 is 0 Å². The number of aromatic nitrogens is 2. The van der Waals surface area contributed by atoms with Crippen LogP contribution in [0.4, 0.5) is 8.78 Å². The van der Waals surface area contributed by atoms with Crippen LogP contribution < -0.4 is 4.74 Å². The van der Waals surface area contributed by atoms with E-state index in [-0.39, 0.29) is 6.61 Å². The van der Waals surface area contributed by atoms with Crippen molar-refractivity contribution in [1.82, 2.24) is 10.1 Å². The van der Waals surface area contributed by atoms with Crippen molar-refractivity contribution in [2.45, 2.75) is 13.5 Å². The second kappa shape index (κ2) is 7.60. The monoisotopic (exact) mass is 378 g/mol. The topological polar surface area (TPSA) is 48.2 Å². The van der Waals surface area contributed by atoms with Crippen molar-refractivity contribution in [3.63, 3.8) is 0 Å². The highest BCUT2D eigenvalue weighted by molar-refractivity contribution is 5.62. The third kappa shape index (κ3) is 3.76. The highest BCUT2D eigenvalue weighted by Gasteiger charge is 2.12. The molecule has 6 heteroatoms. The fourth-order valence-electron chi connectivity index (χ4n) is 2.76. The summed E-state index contributed by atoms with van der Waals surface area (Å²) < 4.78 is 37.2. The van der Waals surface area contributed by atoms with Crippen LogP contribution in [0.25, 0.3) is 22.8 Å². The summed E-state index contributed by atoms with van der Waals surface area (Å²) in [6.45, 7) is 2.12. The van der Waals surface area contributed by atoms with Crippen molar-refractivity contribution in [3.05, 3.63) is 89.5 Å². The molecule has 0 spiro atoms. The van der Waals surface area contributed by atoms with Crippen LogP contribution in [0.5, 0.6) is 5.75 Å². The van der Waals surface area contributed by atoms with Crippen molar-refractivity contribution >= 4 is 0 Å². The maximum absolute atomic E-state index is 13.2. The lowest BCUT2D eigenvalue weighted by molar-refractivity contribution is 0.305. The Kier molecular flexibility index (Phi) is 4.85. The molecule has 0 bridgehead atoms. The van der Waals surface area contributed by atoms with Crippen molar-refractivity contribution in [1.29, 1.82) is 0 Å². The Hall–Kier alpha value is -3.54. The molecule has 0 saturated carbocycles. The maximum Gasteiger partial charge on any atom is 0.258 e. The van der Waals surface area contributed by atoms with E-state index in [1.165, 1.54) is 6.07 Å². The van der Waals surface area contributed by atoms with E-state index in [0.29, 0.717) is 23.0 Å². The molecule has 1 heterocycles. The summed E-state index contributed by atoms with van der Waals surface area (Å²) in [6, 6.07) is 18.6. The summed E-state index contributed by atoms with van der Waals surface area (Å²) in [5.41, 5.74) is 3.28. The van der Waals surface area contributed by atoms with E-state index in [0.717, 1.165) is 28.8 Å². The largest absolute Gasteiger partial charge is 0.489 e. The molecule has 0 atom stereocenters. The van der Waals surface area contributed by atoms with Crippen LogP contribution in [0.2, 0.25) is 0 Å². The minimum atomic E-state index is -0.891. The number of nitrogens with zero attached hydrogens (tertiary/aromatic N) is 2. The highest BCUT2D eigenvalue weighted by atomic mass is 19.2. The Morgan fingerprint density at radius 3 is 2.46 bits per heavy atom. The zero-order valence-corrected chi connectivity index (χ0v) is 15.0. The minimum absolute atomic E-state index is 0.135. The van der Waals surface area contributed by atoms with E-state index in [2.05, 4.69) is 10.1 Å². The third-order valence-electron chi connectivity index (χ3n) is 4.30. The molecule has 0 aliphatic heterocycles. The number of ether oxygens (including phenoxy) is 1. The fourth-order valence-corrected chi connectivity index (χ4v) is 2.76. The predicted octanol–water partition coefficient (Wildman–Crippen LogP) is 5.57. The Morgan fingerprint density at radius 2 is 1.71 bits per heavy atom. The predicted molar refractivity (Wildman–Crippen MR) is 101 cm³/mol.